The SMILES string of the molecule is O=C1Nc2cc(Br)ccc2NCC1c1ccccc1. The highest BCUT2D eigenvalue weighted by Gasteiger charge is 2.24. The molecular weight excluding hydrogens is 304 g/mol. The molecule has 0 saturated carbocycles. The van der Waals surface area contributed by atoms with Crippen molar-refractivity contribution in [2.24, 2.45) is 0 Å². The lowest BCUT2D eigenvalue weighted by Crippen LogP contribution is -2.23. The smallest absolute Gasteiger partial charge is 0.233 e. The van der Waals surface area contributed by atoms with Gasteiger partial charge >= 0.3 is 0 Å². The third kappa shape index (κ3) is 2.49. The van der Waals surface area contributed by atoms with Crippen LogP contribution in [0.4, 0.5) is 11.4 Å². The summed E-state index contributed by atoms with van der Waals surface area (Å²) in [4.78, 5) is 12.3. The minimum atomic E-state index is -0.174. The monoisotopic (exact) mass is 316 g/mol. The molecule has 2 N–H and O–H groups in total. The van der Waals surface area contributed by atoms with Crippen molar-refractivity contribution >= 4 is 33.2 Å². The Morgan fingerprint density at radius 1 is 1.05 bits per heavy atom. The van der Waals surface area contributed by atoms with Gasteiger partial charge in [-0.05, 0) is 23.8 Å². The van der Waals surface area contributed by atoms with Crippen molar-refractivity contribution in [3.63, 3.8) is 0 Å². The molecule has 19 heavy (non-hydrogen) atoms. The summed E-state index contributed by atoms with van der Waals surface area (Å²) < 4.78 is 0.950. The number of nitrogens with one attached hydrogen (secondary N) is 2. The first-order chi connectivity index (χ1) is 9.24. The zero-order chi connectivity index (χ0) is 13.2. The fourth-order valence-corrected chi connectivity index (χ4v) is 2.61. The number of hydrogen-bond donors (Lipinski definition) is 2. The summed E-state index contributed by atoms with van der Waals surface area (Å²) in [6.45, 7) is 0.602. The van der Waals surface area contributed by atoms with Crippen LogP contribution >= 0.6 is 15.9 Å². The van der Waals surface area contributed by atoms with Crippen LogP contribution in [-0.4, -0.2) is 12.5 Å². The van der Waals surface area contributed by atoms with Crippen LogP contribution in [0.2, 0.25) is 0 Å². The largest absolute Gasteiger partial charge is 0.382 e. The van der Waals surface area contributed by atoms with Crippen molar-refractivity contribution < 1.29 is 4.79 Å². The molecule has 0 aliphatic carbocycles. The summed E-state index contributed by atoms with van der Waals surface area (Å²) in [5, 5.41) is 6.31. The van der Waals surface area contributed by atoms with Gasteiger partial charge in [0.2, 0.25) is 5.91 Å². The van der Waals surface area contributed by atoms with E-state index in [0.717, 1.165) is 21.4 Å². The van der Waals surface area contributed by atoms with Crippen molar-refractivity contribution in [2.75, 3.05) is 17.2 Å². The van der Waals surface area contributed by atoms with E-state index in [1.807, 2.05) is 48.5 Å². The van der Waals surface area contributed by atoms with Gasteiger partial charge in [-0.1, -0.05) is 46.3 Å². The summed E-state index contributed by atoms with van der Waals surface area (Å²) in [7, 11) is 0. The van der Waals surface area contributed by atoms with E-state index < -0.39 is 0 Å². The summed E-state index contributed by atoms with van der Waals surface area (Å²) in [6, 6.07) is 15.7. The van der Waals surface area contributed by atoms with E-state index in [4.69, 9.17) is 0 Å². The minimum Gasteiger partial charge on any atom is -0.382 e. The molecule has 3 nitrogen and oxygen atoms in total. The summed E-state index contributed by atoms with van der Waals surface area (Å²) in [5.74, 6) is -0.150. The third-order valence-corrected chi connectivity index (χ3v) is 3.75. The van der Waals surface area contributed by atoms with Gasteiger partial charge in [-0.3, -0.25) is 4.79 Å². The number of halogens is 1. The maximum Gasteiger partial charge on any atom is 0.233 e. The number of rotatable bonds is 1. The van der Waals surface area contributed by atoms with E-state index in [1.54, 1.807) is 0 Å². The normalized spacial score (nSPS) is 17.9. The molecule has 1 aliphatic heterocycles. The Morgan fingerprint density at radius 3 is 2.63 bits per heavy atom. The van der Waals surface area contributed by atoms with Gasteiger partial charge in [-0.15, -0.1) is 0 Å². The molecule has 1 atom stereocenters. The molecule has 96 valence electrons. The van der Waals surface area contributed by atoms with Gasteiger partial charge in [0, 0.05) is 11.0 Å². The first-order valence-electron chi connectivity index (χ1n) is 6.13. The van der Waals surface area contributed by atoms with Crippen molar-refractivity contribution in [3.05, 3.63) is 58.6 Å². The molecule has 0 bridgehead atoms. The molecule has 1 aliphatic rings. The number of carbonyl (C=O) groups is 1. The van der Waals surface area contributed by atoms with Gasteiger partial charge in [0.25, 0.3) is 0 Å². The molecule has 1 amide bonds. The lowest BCUT2D eigenvalue weighted by Gasteiger charge is -2.13. The number of benzene rings is 2. The molecule has 0 fully saturated rings. The van der Waals surface area contributed by atoms with Crippen LogP contribution in [0.3, 0.4) is 0 Å². The second kappa shape index (κ2) is 5.05. The number of amides is 1. The number of carbonyl (C=O) groups excluding carboxylic acids is 1. The van der Waals surface area contributed by atoms with Gasteiger partial charge < -0.3 is 10.6 Å². The zero-order valence-electron chi connectivity index (χ0n) is 10.2. The van der Waals surface area contributed by atoms with Gasteiger partial charge in [0.05, 0.1) is 17.3 Å². The average Bonchev–Trinajstić information content (AvgIpc) is 2.57. The van der Waals surface area contributed by atoms with Gasteiger partial charge in [-0.25, -0.2) is 0 Å². The van der Waals surface area contributed by atoms with Crippen LogP contribution in [-0.2, 0) is 4.79 Å². The Balaban J connectivity index is 1.93. The first kappa shape index (κ1) is 12.2. The molecule has 2 aromatic carbocycles. The molecular formula is C15H13BrN2O. The minimum absolute atomic E-state index is 0.0237. The molecule has 1 heterocycles. The van der Waals surface area contributed by atoms with Gasteiger partial charge in [0.15, 0.2) is 0 Å². The topological polar surface area (TPSA) is 41.1 Å². The van der Waals surface area contributed by atoms with Crippen LogP contribution in [0, 0.1) is 0 Å². The van der Waals surface area contributed by atoms with Crippen LogP contribution in [0.5, 0.6) is 0 Å². The molecule has 0 aromatic heterocycles. The second-order valence-electron chi connectivity index (χ2n) is 4.52. The highest BCUT2D eigenvalue weighted by molar-refractivity contribution is 9.10. The molecule has 0 saturated heterocycles. The average molecular weight is 317 g/mol. The van der Waals surface area contributed by atoms with Crippen LogP contribution in [0.15, 0.2) is 53.0 Å². The van der Waals surface area contributed by atoms with Crippen LogP contribution in [0.25, 0.3) is 0 Å². The highest BCUT2D eigenvalue weighted by atomic mass is 79.9. The number of fused-ring (bicyclic) bond motifs is 1. The second-order valence-corrected chi connectivity index (χ2v) is 5.44. The lowest BCUT2D eigenvalue weighted by atomic mass is 9.98. The van der Waals surface area contributed by atoms with Crippen molar-refractivity contribution in [1.29, 1.82) is 0 Å². The van der Waals surface area contributed by atoms with Crippen LogP contribution < -0.4 is 10.6 Å². The van der Waals surface area contributed by atoms with Crippen molar-refractivity contribution in [2.45, 2.75) is 5.92 Å². The Labute approximate surface area is 120 Å². The molecule has 0 radical (unpaired) electrons. The van der Waals surface area contributed by atoms with E-state index in [2.05, 4.69) is 26.6 Å². The number of hydrogen-bond acceptors (Lipinski definition) is 2. The maximum atomic E-state index is 12.3. The van der Waals surface area contributed by atoms with Gasteiger partial charge in [0.1, 0.15) is 0 Å². The van der Waals surface area contributed by atoms with E-state index in [-0.39, 0.29) is 11.8 Å². The standard InChI is InChI=1S/C15H13BrN2O/c16-11-6-7-13-14(8-11)18-15(19)12(9-17-13)10-4-2-1-3-5-10/h1-8,12,17H,9H2,(H,18,19). The van der Waals surface area contributed by atoms with Gasteiger partial charge in [-0.2, -0.15) is 0 Å². The summed E-state index contributed by atoms with van der Waals surface area (Å²) in [6.07, 6.45) is 0. The summed E-state index contributed by atoms with van der Waals surface area (Å²) in [5.41, 5.74) is 2.80. The third-order valence-electron chi connectivity index (χ3n) is 3.25. The lowest BCUT2D eigenvalue weighted by molar-refractivity contribution is -0.117. The molecule has 0 spiro atoms. The van der Waals surface area contributed by atoms with E-state index in [0.29, 0.717) is 6.54 Å². The predicted octanol–water partition coefficient (Wildman–Crippen LogP) is 3.60. The fourth-order valence-electron chi connectivity index (χ4n) is 2.25. The zero-order valence-corrected chi connectivity index (χ0v) is 11.8. The maximum absolute atomic E-state index is 12.3. The quantitative estimate of drug-likeness (QED) is 0.844. The van der Waals surface area contributed by atoms with E-state index in [1.165, 1.54) is 0 Å². The number of anilines is 2. The van der Waals surface area contributed by atoms with Crippen molar-refractivity contribution in [1.82, 2.24) is 0 Å². The highest BCUT2D eigenvalue weighted by Crippen LogP contribution is 2.31. The van der Waals surface area contributed by atoms with Crippen LogP contribution in [0.1, 0.15) is 11.5 Å². The first-order valence-corrected chi connectivity index (χ1v) is 6.92. The summed E-state index contributed by atoms with van der Waals surface area (Å²) >= 11 is 3.42. The van der Waals surface area contributed by atoms with E-state index in [9.17, 15) is 4.79 Å². The Morgan fingerprint density at radius 2 is 1.84 bits per heavy atom. The molecule has 1 unspecified atom stereocenters. The Kier molecular flexibility index (Phi) is 3.25. The molecule has 4 heteroatoms. The molecule has 3 rings (SSSR count). The fraction of sp³-hybridized carbons (Fsp3) is 0.133. The Hall–Kier alpha value is -1.81. The molecule has 2 aromatic rings. The van der Waals surface area contributed by atoms with Crippen molar-refractivity contribution in [3.8, 4) is 0 Å². The predicted molar refractivity (Wildman–Crippen MR) is 80.4 cm³/mol. The van der Waals surface area contributed by atoms with E-state index >= 15 is 0 Å². The Bertz CT molecular complexity index is 613.